The van der Waals surface area contributed by atoms with Crippen molar-refractivity contribution in [2.45, 2.75) is 0 Å². The number of fused-ring (bicyclic) bond motifs is 1. The van der Waals surface area contributed by atoms with Crippen LogP contribution in [0.2, 0.25) is 0 Å². The van der Waals surface area contributed by atoms with E-state index < -0.39 is 0 Å². The lowest BCUT2D eigenvalue weighted by Crippen LogP contribution is -1.77. The first kappa shape index (κ1) is 4.56. The molecule has 2 aliphatic heterocycles. The van der Waals surface area contributed by atoms with Gasteiger partial charge < -0.3 is 4.98 Å². The molecule has 2 heteroatoms. The second kappa shape index (κ2) is 1.58. The second-order valence-electron chi connectivity index (χ2n) is 1.91. The zero-order valence-corrected chi connectivity index (χ0v) is 4.83. The van der Waals surface area contributed by atoms with E-state index in [-0.39, 0.29) is 0 Å². The van der Waals surface area contributed by atoms with Crippen molar-refractivity contribution >= 4 is 0 Å². The number of pyridine rings is 1. The third-order valence-electron chi connectivity index (χ3n) is 1.32. The molecule has 2 aliphatic rings. The average Bonchev–Trinajstić information content (AvgIpc) is 2.33. The predicted molar refractivity (Wildman–Crippen MR) is 35.2 cm³/mol. The van der Waals surface area contributed by atoms with Crippen molar-refractivity contribution in [3.05, 3.63) is 30.6 Å². The highest BCUT2D eigenvalue weighted by atomic mass is 14.8. The number of aromatic nitrogens is 2. The highest BCUT2D eigenvalue weighted by Gasteiger charge is 1.97. The number of hydrogen-bond donors (Lipinski definition) is 1. The summed E-state index contributed by atoms with van der Waals surface area (Å²) < 4.78 is 0. The summed E-state index contributed by atoms with van der Waals surface area (Å²) in [5, 5.41) is 0. The summed E-state index contributed by atoms with van der Waals surface area (Å²) in [5.74, 6) is 0. The third-order valence-corrected chi connectivity index (χ3v) is 1.32. The largest absolute Gasteiger partial charge is 0.360 e. The van der Waals surface area contributed by atoms with E-state index in [1.54, 1.807) is 6.20 Å². The van der Waals surface area contributed by atoms with Crippen molar-refractivity contribution in [3.8, 4) is 11.4 Å². The predicted octanol–water partition coefficient (Wildman–Crippen LogP) is 1.51. The Balaban J connectivity index is 2.79. The van der Waals surface area contributed by atoms with Crippen LogP contribution < -0.4 is 0 Å². The van der Waals surface area contributed by atoms with Crippen molar-refractivity contribution in [1.29, 1.82) is 0 Å². The van der Waals surface area contributed by atoms with Crippen LogP contribution in [-0.4, -0.2) is 9.97 Å². The number of aromatic amines is 1. The Kier molecular flexibility index (Phi) is 0.803. The van der Waals surface area contributed by atoms with Crippen molar-refractivity contribution in [1.82, 2.24) is 9.97 Å². The summed E-state index contributed by atoms with van der Waals surface area (Å²) in [5.41, 5.74) is 2.12. The molecule has 0 radical (unpaired) electrons. The molecule has 44 valence electrons. The molecule has 0 saturated carbocycles. The van der Waals surface area contributed by atoms with Crippen LogP contribution in [0.3, 0.4) is 0 Å². The third kappa shape index (κ3) is 0.598. The van der Waals surface area contributed by atoms with Crippen LogP contribution in [0.5, 0.6) is 0 Å². The number of H-pyrrole nitrogens is 1. The van der Waals surface area contributed by atoms with Gasteiger partial charge in [0, 0.05) is 12.4 Å². The Morgan fingerprint density at radius 3 is 3.22 bits per heavy atom. The van der Waals surface area contributed by atoms with Gasteiger partial charge in [-0.3, -0.25) is 4.98 Å². The standard InChI is InChI=1S/C7H6N2/c1-2-6-7(8-4-1)3-5-9-6/h1-5,8H. The van der Waals surface area contributed by atoms with E-state index in [2.05, 4.69) is 9.97 Å². The van der Waals surface area contributed by atoms with Gasteiger partial charge in [0.2, 0.25) is 0 Å². The summed E-state index contributed by atoms with van der Waals surface area (Å²) in [6.07, 6.45) is 3.69. The highest BCUT2D eigenvalue weighted by molar-refractivity contribution is 5.54. The molecule has 0 saturated heterocycles. The fourth-order valence-electron chi connectivity index (χ4n) is 0.879. The fourth-order valence-corrected chi connectivity index (χ4v) is 0.879. The van der Waals surface area contributed by atoms with Crippen molar-refractivity contribution in [2.24, 2.45) is 0 Å². The molecule has 0 aromatic carbocycles. The van der Waals surface area contributed by atoms with Gasteiger partial charge in [-0.2, -0.15) is 0 Å². The molecule has 0 bridgehead atoms. The van der Waals surface area contributed by atoms with Crippen LogP contribution in [0.25, 0.3) is 11.4 Å². The van der Waals surface area contributed by atoms with E-state index >= 15 is 0 Å². The number of nitrogens with zero attached hydrogens (tertiary/aromatic N) is 1. The molecule has 9 heavy (non-hydrogen) atoms. The molecule has 2 nitrogen and oxygen atoms in total. The summed E-state index contributed by atoms with van der Waals surface area (Å²) in [6.45, 7) is 0. The highest BCUT2D eigenvalue weighted by Crippen LogP contribution is 2.13. The molecule has 2 heterocycles. The Bertz CT molecular complexity index is 247. The monoisotopic (exact) mass is 118 g/mol. The van der Waals surface area contributed by atoms with Gasteiger partial charge in [-0.25, -0.2) is 0 Å². The minimum absolute atomic E-state index is 1.03. The van der Waals surface area contributed by atoms with Gasteiger partial charge in [-0.05, 0) is 18.2 Å². The van der Waals surface area contributed by atoms with Gasteiger partial charge in [0.25, 0.3) is 0 Å². The molecule has 1 N–H and O–H groups in total. The Labute approximate surface area is 52.9 Å². The lowest BCUT2D eigenvalue weighted by Gasteiger charge is -1.92. The Morgan fingerprint density at radius 2 is 2.33 bits per heavy atom. The molecule has 0 aromatic rings. The summed E-state index contributed by atoms with van der Waals surface area (Å²) >= 11 is 0. The van der Waals surface area contributed by atoms with Gasteiger partial charge in [0.05, 0.1) is 11.4 Å². The minimum atomic E-state index is 1.03. The van der Waals surface area contributed by atoms with Crippen LogP contribution in [0, 0.1) is 0 Å². The average molecular weight is 118 g/mol. The van der Waals surface area contributed by atoms with E-state index in [9.17, 15) is 0 Å². The lowest BCUT2D eigenvalue weighted by molar-refractivity contribution is 1.30. The van der Waals surface area contributed by atoms with E-state index in [0.717, 1.165) is 11.4 Å². The van der Waals surface area contributed by atoms with E-state index in [0.29, 0.717) is 0 Å². The molecule has 0 aliphatic carbocycles. The summed E-state index contributed by atoms with van der Waals surface area (Å²) in [7, 11) is 0. The molecule has 0 unspecified atom stereocenters. The number of nitrogens with one attached hydrogen (secondary N) is 1. The van der Waals surface area contributed by atoms with Gasteiger partial charge in [0.1, 0.15) is 0 Å². The first-order chi connectivity index (χ1) is 4.47. The lowest BCUT2D eigenvalue weighted by atomic mass is 10.3. The van der Waals surface area contributed by atoms with Crippen LogP contribution in [0.15, 0.2) is 30.6 Å². The first-order valence-electron chi connectivity index (χ1n) is 2.85. The normalized spacial score (nSPS) is 10.2. The Hall–Kier alpha value is -1.31. The molecule has 0 amide bonds. The van der Waals surface area contributed by atoms with Gasteiger partial charge in [-0.1, -0.05) is 0 Å². The molecular weight excluding hydrogens is 112 g/mol. The SMILES string of the molecule is c1c[nH]c2ccnc-2c1. The first-order valence-corrected chi connectivity index (χ1v) is 2.85. The van der Waals surface area contributed by atoms with Crippen LogP contribution >= 0.6 is 0 Å². The molecular formula is C7H6N2. The van der Waals surface area contributed by atoms with Gasteiger partial charge in [-0.15, -0.1) is 0 Å². The van der Waals surface area contributed by atoms with Crippen LogP contribution in [0.4, 0.5) is 0 Å². The van der Waals surface area contributed by atoms with Gasteiger partial charge in [0.15, 0.2) is 0 Å². The smallest absolute Gasteiger partial charge is 0.0865 e. The summed E-state index contributed by atoms with van der Waals surface area (Å²) in [6, 6.07) is 5.87. The maximum atomic E-state index is 4.09. The van der Waals surface area contributed by atoms with E-state index in [4.69, 9.17) is 0 Å². The van der Waals surface area contributed by atoms with Crippen molar-refractivity contribution in [3.63, 3.8) is 0 Å². The van der Waals surface area contributed by atoms with E-state index in [1.807, 2.05) is 24.4 Å². The van der Waals surface area contributed by atoms with Crippen LogP contribution in [-0.2, 0) is 0 Å². The molecule has 0 fully saturated rings. The maximum Gasteiger partial charge on any atom is 0.0865 e. The molecule has 0 spiro atoms. The number of hydrogen-bond acceptors (Lipinski definition) is 1. The zero-order valence-electron chi connectivity index (χ0n) is 4.83. The number of rotatable bonds is 0. The van der Waals surface area contributed by atoms with Gasteiger partial charge >= 0.3 is 0 Å². The quantitative estimate of drug-likeness (QED) is 0.558. The topological polar surface area (TPSA) is 28.7 Å². The van der Waals surface area contributed by atoms with Crippen molar-refractivity contribution < 1.29 is 0 Å². The van der Waals surface area contributed by atoms with Crippen molar-refractivity contribution in [2.75, 3.05) is 0 Å². The Morgan fingerprint density at radius 1 is 1.33 bits per heavy atom. The molecule has 0 atom stereocenters. The maximum absolute atomic E-state index is 4.09. The minimum Gasteiger partial charge on any atom is -0.360 e. The fraction of sp³-hybridized carbons (Fsp3) is 0. The molecule has 0 aromatic heterocycles. The molecule has 2 rings (SSSR count). The zero-order chi connectivity index (χ0) is 6.10. The van der Waals surface area contributed by atoms with Crippen LogP contribution in [0.1, 0.15) is 0 Å². The van der Waals surface area contributed by atoms with E-state index in [1.165, 1.54) is 0 Å². The second-order valence-corrected chi connectivity index (χ2v) is 1.91. The summed E-state index contributed by atoms with van der Waals surface area (Å²) in [4.78, 5) is 7.16.